The van der Waals surface area contributed by atoms with Crippen molar-refractivity contribution in [2.75, 3.05) is 0 Å². The molecule has 5 heteroatoms. The summed E-state index contributed by atoms with van der Waals surface area (Å²) in [7, 11) is 0. The molecule has 0 aliphatic heterocycles. The molecule has 1 aliphatic rings. The molecule has 0 radical (unpaired) electrons. The van der Waals surface area contributed by atoms with Crippen LogP contribution in [0.2, 0.25) is 0 Å². The first kappa shape index (κ1) is 24.1. The normalized spacial score (nSPS) is 18.4. The molecule has 0 atom stereocenters. The van der Waals surface area contributed by atoms with Gasteiger partial charge in [-0.1, -0.05) is 62.3 Å². The van der Waals surface area contributed by atoms with Crippen LogP contribution >= 0.6 is 0 Å². The third-order valence-electron chi connectivity index (χ3n) is 6.69. The smallest absolute Gasteiger partial charge is 0.406 e. The molecule has 34 heavy (non-hydrogen) atoms. The lowest BCUT2D eigenvalue weighted by atomic mass is 9.77. The fraction of sp³-hybridized carbons (Fsp3) is 0.379. The fourth-order valence-corrected chi connectivity index (χ4v) is 4.82. The van der Waals surface area contributed by atoms with E-state index >= 15 is 4.39 Å². The molecule has 1 saturated carbocycles. The van der Waals surface area contributed by atoms with E-state index in [1.807, 2.05) is 18.2 Å². The minimum Gasteiger partial charge on any atom is -0.406 e. The summed E-state index contributed by atoms with van der Waals surface area (Å²) >= 11 is 0. The SMILES string of the molecule is CCCCC1CCC(c2ccc3c(F)c(C#Cc4ccc(OC(F)(F)F)cc4)ccc3c2)CC1. The molecule has 1 aliphatic carbocycles. The molecule has 0 unspecified atom stereocenters. The maximum atomic E-state index is 15.1. The van der Waals surface area contributed by atoms with Gasteiger partial charge in [0.05, 0.1) is 5.56 Å². The fourth-order valence-electron chi connectivity index (χ4n) is 4.82. The number of halogens is 4. The lowest BCUT2D eigenvalue weighted by molar-refractivity contribution is -0.274. The van der Waals surface area contributed by atoms with Gasteiger partial charge in [-0.15, -0.1) is 13.2 Å². The van der Waals surface area contributed by atoms with E-state index in [4.69, 9.17) is 0 Å². The molecule has 0 N–H and O–H groups in total. The average molecular weight is 469 g/mol. The van der Waals surface area contributed by atoms with Crippen LogP contribution < -0.4 is 4.74 Å². The van der Waals surface area contributed by atoms with E-state index in [-0.39, 0.29) is 17.1 Å². The lowest BCUT2D eigenvalue weighted by Gasteiger charge is -2.29. The van der Waals surface area contributed by atoms with Crippen molar-refractivity contribution in [1.29, 1.82) is 0 Å². The predicted molar refractivity (Wildman–Crippen MR) is 127 cm³/mol. The zero-order chi connectivity index (χ0) is 24.1. The highest BCUT2D eigenvalue weighted by Gasteiger charge is 2.31. The molecule has 0 spiro atoms. The second-order valence-corrected chi connectivity index (χ2v) is 9.09. The highest BCUT2D eigenvalue weighted by atomic mass is 19.4. The van der Waals surface area contributed by atoms with E-state index in [0.717, 1.165) is 11.3 Å². The molecular formula is C29H28F4O. The maximum Gasteiger partial charge on any atom is 0.573 e. The molecule has 1 nitrogen and oxygen atoms in total. The second kappa shape index (κ2) is 10.5. The average Bonchev–Trinajstić information content (AvgIpc) is 2.82. The predicted octanol–water partition coefficient (Wildman–Crippen LogP) is 8.74. The molecule has 3 aromatic carbocycles. The van der Waals surface area contributed by atoms with Crippen molar-refractivity contribution in [1.82, 2.24) is 0 Å². The van der Waals surface area contributed by atoms with Gasteiger partial charge in [-0.25, -0.2) is 4.39 Å². The summed E-state index contributed by atoms with van der Waals surface area (Å²) in [5, 5.41) is 1.39. The zero-order valence-electron chi connectivity index (χ0n) is 19.2. The Labute approximate surface area is 198 Å². The standard InChI is InChI=1S/C29H28F4O/c1-2-3-4-20-5-10-22(11-6-20)24-15-18-27-25(19-24)14-13-23(28(27)30)12-7-21-8-16-26(17-9-21)34-29(31,32)33/h8-9,13-20,22H,2-6,10-11H2,1H3. The van der Waals surface area contributed by atoms with Crippen LogP contribution in [0.1, 0.15) is 74.5 Å². The maximum absolute atomic E-state index is 15.1. The molecule has 0 saturated heterocycles. The first-order chi connectivity index (χ1) is 16.3. The summed E-state index contributed by atoms with van der Waals surface area (Å²) in [5.74, 6) is 6.30. The van der Waals surface area contributed by atoms with Crippen molar-refractivity contribution in [3.05, 3.63) is 77.1 Å². The van der Waals surface area contributed by atoms with Gasteiger partial charge < -0.3 is 4.74 Å². The molecule has 1 fully saturated rings. The Bertz CT molecular complexity index is 1180. The topological polar surface area (TPSA) is 9.23 Å². The van der Waals surface area contributed by atoms with Crippen molar-refractivity contribution in [2.45, 2.75) is 64.1 Å². The molecule has 178 valence electrons. The Morgan fingerprint density at radius 3 is 2.32 bits per heavy atom. The van der Waals surface area contributed by atoms with Crippen LogP contribution in [0.3, 0.4) is 0 Å². The number of hydrogen-bond donors (Lipinski definition) is 0. The summed E-state index contributed by atoms with van der Waals surface area (Å²) in [4.78, 5) is 0. The third kappa shape index (κ3) is 6.11. The summed E-state index contributed by atoms with van der Waals surface area (Å²) < 4.78 is 55.8. The van der Waals surface area contributed by atoms with Crippen molar-refractivity contribution < 1.29 is 22.3 Å². The Kier molecular flexibility index (Phi) is 7.46. The zero-order valence-corrected chi connectivity index (χ0v) is 19.2. The Hall–Kier alpha value is -3.00. The minimum absolute atomic E-state index is 0.257. The number of hydrogen-bond acceptors (Lipinski definition) is 1. The first-order valence-electron chi connectivity index (χ1n) is 11.9. The molecule has 0 aromatic heterocycles. The van der Waals surface area contributed by atoms with Crippen LogP contribution in [0.25, 0.3) is 10.8 Å². The number of rotatable bonds is 5. The minimum atomic E-state index is -4.74. The van der Waals surface area contributed by atoms with Gasteiger partial charge in [0.15, 0.2) is 0 Å². The van der Waals surface area contributed by atoms with E-state index in [2.05, 4.69) is 29.6 Å². The summed E-state index contributed by atoms with van der Waals surface area (Å²) in [6, 6.07) is 14.7. The van der Waals surface area contributed by atoms with Gasteiger partial charge in [-0.05, 0) is 78.8 Å². The quantitative estimate of drug-likeness (QED) is 0.269. The van der Waals surface area contributed by atoms with Gasteiger partial charge in [-0.2, -0.15) is 0 Å². The van der Waals surface area contributed by atoms with Crippen molar-refractivity contribution in [2.24, 2.45) is 5.92 Å². The van der Waals surface area contributed by atoms with Crippen LogP contribution in [-0.4, -0.2) is 6.36 Å². The van der Waals surface area contributed by atoms with Gasteiger partial charge in [-0.3, -0.25) is 0 Å². The van der Waals surface area contributed by atoms with E-state index < -0.39 is 6.36 Å². The van der Waals surface area contributed by atoms with Crippen LogP contribution in [0.4, 0.5) is 17.6 Å². The van der Waals surface area contributed by atoms with E-state index in [1.165, 1.54) is 74.8 Å². The van der Waals surface area contributed by atoms with Crippen LogP contribution in [0, 0.1) is 23.6 Å². The van der Waals surface area contributed by atoms with Crippen molar-refractivity contribution >= 4 is 10.8 Å². The van der Waals surface area contributed by atoms with Gasteiger partial charge in [0.25, 0.3) is 0 Å². The Balaban J connectivity index is 1.47. The van der Waals surface area contributed by atoms with E-state index in [1.54, 1.807) is 6.07 Å². The number of alkyl halides is 3. The number of unbranched alkanes of at least 4 members (excludes halogenated alkanes) is 1. The van der Waals surface area contributed by atoms with Gasteiger partial charge in [0.1, 0.15) is 11.6 Å². The number of fused-ring (bicyclic) bond motifs is 1. The van der Waals surface area contributed by atoms with Crippen molar-refractivity contribution in [3.63, 3.8) is 0 Å². The molecule has 0 heterocycles. The Morgan fingerprint density at radius 2 is 1.65 bits per heavy atom. The highest BCUT2D eigenvalue weighted by Crippen LogP contribution is 2.38. The van der Waals surface area contributed by atoms with Crippen LogP contribution in [-0.2, 0) is 0 Å². The number of benzene rings is 3. The number of ether oxygens (including phenoxy) is 1. The lowest BCUT2D eigenvalue weighted by Crippen LogP contribution is -2.16. The van der Waals surface area contributed by atoms with Gasteiger partial charge in [0.2, 0.25) is 0 Å². The van der Waals surface area contributed by atoms with Crippen LogP contribution in [0.5, 0.6) is 5.75 Å². The molecule has 4 rings (SSSR count). The van der Waals surface area contributed by atoms with E-state index in [9.17, 15) is 13.2 Å². The Morgan fingerprint density at radius 1 is 0.912 bits per heavy atom. The van der Waals surface area contributed by atoms with Crippen molar-refractivity contribution in [3.8, 4) is 17.6 Å². The largest absolute Gasteiger partial charge is 0.573 e. The van der Waals surface area contributed by atoms with Gasteiger partial charge in [0, 0.05) is 10.9 Å². The molecule has 3 aromatic rings. The summed E-state index contributed by atoms with van der Waals surface area (Å²) in [6.07, 6.45) is 4.09. The van der Waals surface area contributed by atoms with E-state index in [0.29, 0.717) is 16.9 Å². The van der Waals surface area contributed by atoms with Gasteiger partial charge >= 0.3 is 6.36 Å². The molecule has 0 amide bonds. The third-order valence-corrected chi connectivity index (χ3v) is 6.69. The van der Waals surface area contributed by atoms with Crippen LogP contribution in [0.15, 0.2) is 54.6 Å². The molecular weight excluding hydrogens is 440 g/mol. The molecule has 0 bridgehead atoms. The monoisotopic (exact) mass is 468 g/mol. The highest BCUT2D eigenvalue weighted by molar-refractivity contribution is 5.85. The summed E-state index contributed by atoms with van der Waals surface area (Å²) in [6.45, 7) is 2.24. The second-order valence-electron chi connectivity index (χ2n) is 9.09. The first-order valence-corrected chi connectivity index (χ1v) is 11.9. The summed E-state index contributed by atoms with van der Waals surface area (Å²) in [5.41, 5.74) is 2.01.